The number of benzene rings is 3. The summed E-state index contributed by atoms with van der Waals surface area (Å²) in [4.78, 5) is 28.1. The third kappa shape index (κ3) is 7.56. The fraction of sp³-hybridized carbons (Fsp3) is 0.259. The zero-order valence-corrected chi connectivity index (χ0v) is 23.8. The van der Waals surface area contributed by atoms with Crippen molar-refractivity contribution in [1.82, 2.24) is 10.2 Å². The Hall–Kier alpha value is -2.88. The molecule has 0 heterocycles. The Morgan fingerprint density at radius 1 is 1.00 bits per heavy atom. The molecule has 0 radical (unpaired) electrons. The van der Waals surface area contributed by atoms with Crippen LogP contribution in [-0.2, 0) is 26.2 Å². The van der Waals surface area contributed by atoms with Gasteiger partial charge in [-0.1, -0.05) is 64.8 Å². The summed E-state index contributed by atoms with van der Waals surface area (Å²) in [6, 6.07) is 20.7. The summed E-state index contributed by atoms with van der Waals surface area (Å²) in [7, 11) is -4.09. The zero-order valence-electron chi connectivity index (χ0n) is 20.6. The number of nitrogens with zero attached hydrogens (tertiary/aromatic N) is 2. The van der Waals surface area contributed by atoms with Crippen molar-refractivity contribution >= 4 is 55.1 Å². The molecule has 2 amide bonds. The van der Waals surface area contributed by atoms with E-state index in [2.05, 4.69) is 21.2 Å². The highest BCUT2D eigenvalue weighted by Gasteiger charge is 2.32. The van der Waals surface area contributed by atoms with E-state index in [1.54, 1.807) is 73.7 Å². The highest BCUT2D eigenvalue weighted by molar-refractivity contribution is 9.10. The minimum Gasteiger partial charge on any atom is -0.354 e. The minimum absolute atomic E-state index is 0.0563. The lowest BCUT2D eigenvalue weighted by atomic mass is 10.1. The van der Waals surface area contributed by atoms with E-state index in [-0.39, 0.29) is 17.3 Å². The van der Waals surface area contributed by atoms with E-state index in [4.69, 9.17) is 11.6 Å². The van der Waals surface area contributed by atoms with Gasteiger partial charge in [0.2, 0.25) is 11.8 Å². The highest BCUT2D eigenvalue weighted by atomic mass is 79.9. The zero-order chi connectivity index (χ0) is 27.0. The topological polar surface area (TPSA) is 86.8 Å². The van der Waals surface area contributed by atoms with E-state index in [1.807, 2.05) is 6.92 Å². The van der Waals surface area contributed by atoms with Gasteiger partial charge in [0.15, 0.2) is 0 Å². The lowest BCUT2D eigenvalue weighted by molar-refractivity contribution is -0.139. The van der Waals surface area contributed by atoms with Gasteiger partial charge in [0.25, 0.3) is 10.0 Å². The molecule has 0 unspecified atom stereocenters. The van der Waals surface area contributed by atoms with Crippen LogP contribution in [0.2, 0.25) is 5.02 Å². The second kappa shape index (κ2) is 13.1. The average Bonchev–Trinajstić information content (AvgIpc) is 2.89. The van der Waals surface area contributed by atoms with Crippen LogP contribution in [0.5, 0.6) is 0 Å². The van der Waals surface area contributed by atoms with Gasteiger partial charge in [-0.2, -0.15) is 0 Å². The molecule has 0 aromatic heterocycles. The molecule has 3 rings (SSSR count). The molecule has 10 heteroatoms. The van der Waals surface area contributed by atoms with Crippen molar-refractivity contribution in [2.75, 3.05) is 17.4 Å². The predicted molar refractivity (Wildman–Crippen MR) is 150 cm³/mol. The Morgan fingerprint density at radius 2 is 1.68 bits per heavy atom. The molecular formula is C27H29BrClN3O4S. The number of anilines is 1. The van der Waals surface area contributed by atoms with E-state index in [1.165, 1.54) is 17.0 Å². The van der Waals surface area contributed by atoms with Crippen LogP contribution in [-0.4, -0.2) is 44.3 Å². The standard InChI is InChI=1S/C27H29BrClN3O4S/c1-3-16-30-27(34)20(2)31(18-21-8-7-9-23(29)17-21)26(33)19-32(24-14-12-22(28)13-15-24)37(35,36)25-10-5-4-6-11-25/h4-15,17,20H,3,16,18-19H2,1-2H3,(H,30,34)/t20-/m0/s1. The van der Waals surface area contributed by atoms with Crippen LogP contribution >= 0.6 is 27.5 Å². The average molecular weight is 607 g/mol. The number of hydrogen-bond acceptors (Lipinski definition) is 4. The number of amides is 2. The van der Waals surface area contributed by atoms with E-state index in [0.29, 0.717) is 17.3 Å². The van der Waals surface area contributed by atoms with Gasteiger partial charge < -0.3 is 10.2 Å². The molecule has 37 heavy (non-hydrogen) atoms. The van der Waals surface area contributed by atoms with Crippen molar-refractivity contribution in [2.45, 2.75) is 37.8 Å². The second-order valence-electron chi connectivity index (χ2n) is 8.42. The van der Waals surface area contributed by atoms with Crippen molar-refractivity contribution in [1.29, 1.82) is 0 Å². The largest absolute Gasteiger partial charge is 0.354 e. The summed E-state index contributed by atoms with van der Waals surface area (Å²) in [5.74, 6) is -0.847. The van der Waals surface area contributed by atoms with Gasteiger partial charge in [0.1, 0.15) is 12.6 Å². The van der Waals surface area contributed by atoms with Gasteiger partial charge in [0.05, 0.1) is 10.6 Å². The molecule has 1 N–H and O–H groups in total. The third-order valence-electron chi connectivity index (χ3n) is 5.68. The van der Waals surface area contributed by atoms with E-state index >= 15 is 0 Å². The first-order valence-corrected chi connectivity index (χ1v) is 14.4. The van der Waals surface area contributed by atoms with Crippen LogP contribution < -0.4 is 9.62 Å². The van der Waals surface area contributed by atoms with E-state index in [0.717, 1.165) is 20.8 Å². The lowest BCUT2D eigenvalue weighted by Gasteiger charge is -2.32. The summed E-state index contributed by atoms with van der Waals surface area (Å²) < 4.78 is 29.2. The van der Waals surface area contributed by atoms with Crippen molar-refractivity contribution < 1.29 is 18.0 Å². The first-order valence-electron chi connectivity index (χ1n) is 11.8. The Labute approximate surface area is 231 Å². The quantitative estimate of drug-likeness (QED) is 0.323. The summed E-state index contributed by atoms with van der Waals surface area (Å²) >= 11 is 9.51. The highest BCUT2D eigenvalue weighted by Crippen LogP contribution is 2.26. The Bertz CT molecular complexity index is 1320. The number of nitrogens with one attached hydrogen (secondary N) is 1. The molecule has 7 nitrogen and oxygen atoms in total. The van der Waals surface area contributed by atoms with Crippen LogP contribution in [0.25, 0.3) is 0 Å². The number of sulfonamides is 1. The molecule has 0 aliphatic rings. The lowest BCUT2D eigenvalue weighted by Crippen LogP contribution is -2.51. The molecule has 1 atom stereocenters. The molecule has 0 fully saturated rings. The first kappa shape index (κ1) is 28.7. The fourth-order valence-corrected chi connectivity index (χ4v) is 5.58. The molecule has 0 spiro atoms. The van der Waals surface area contributed by atoms with E-state index < -0.39 is 28.5 Å². The molecule has 196 valence electrons. The SMILES string of the molecule is CCCNC(=O)[C@H](C)N(Cc1cccc(Cl)c1)C(=O)CN(c1ccc(Br)cc1)S(=O)(=O)c1ccccc1. The third-order valence-corrected chi connectivity index (χ3v) is 8.23. The molecule has 0 saturated carbocycles. The molecular weight excluding hydrogens is 578 g/mol. The normalized spacial score (nSPS) is 12.0. The summed E-state index contributed by atoms with van der Waals surface area (Å²) in [5, 5.41) is 3.31. The van der Waals surface area contributed by atoms with Gasteiger partial charge in [-0.15, -0.1) is 0 Å². The maximum Gasteiger partial charge on any atom is 0.264 e. The van der Waals surface area contributed by atoms with Crippen LogP contribution in [0.3, 0.4) is 0 Å². The molecule has 3 aromatic rings. The first-order chi connectivity index (χ1) is 17.6. The monoisotopic (exact) mass is 605 g/mol. The molecule has 0 saturated heterocycles. The van der Waals surface area contributed by atoms with Crippen LogP contribution in [0.15, 0.2) is 88.2 Å². The van der Waals surface area contributed by atoms with Gasteiger partial charge in [-0.25, -0.2) is 8.42 Å². The smallest absolute Gasteiger partial charge is 0.264 e. The van der Waals surface area contributed by atoms with Gasteiger partial charge in [-0.05, 0) is 67.4 Å². The number of halogens is 2. The molecule has 3 aromatic carbocycles. The van der Waals surface area contributed by atoms with Gasteiger partial charge >= 0.3 is 0 Å². The van der Waals surface area contributed by atoms with Crippen molar-refractivity contribution in [3.63, 3.8) is 0 Å². The number of carbonyl (C=O) groups excluding carboxylic acids is 2. The number of carbonyl (C=O) groups is 2. The summed E-state index contributed by atoms with van der Waals surface area (Å²) in [5.41, 5.74) is 1.04. The molecule has 0 aliphatic carbocycles. The maximum absolute atomic E-state index is 13.8. The number of rotatable bonds is 11. The van der Waals surface area contributed by atoms with Crippen LogP contribution in [0.1, 0.15) is 25.8 Å². The Balaban J connectivity index is 2.00. The van der Waals surface area contributed by atoms with Crippen molar-refractivity contribution in [3.8, 4) is 0 Å². The maximum atomic E-state index is 13.8. The predicted octanol–water partition coefficient (Wildman–Crippen LogP) is 5.24. The molecule has 0 aliphatic heterocycles. The summed E-state index contributed by atoms with van der Waals surface area (Å²) in [6.45, 7) is 3.62. The van der Waals surface area contributed by atoms with Gasteiger partial charge in [-0.3, -0.25) is 13.9 Å². The van der Waals surface area contributed by atoms with E-state index in [9.17, 15) is 18.0 Å². The summed E-state index contributed by atoms with van der Waals surface area (Å²) in [6.07, 6.45) is 0.743. The van der Waals surface area contributed by atoms with Gasteiger partial charge in [0, 0.05) is 22.6 Å². The number of hydrogen-bond donors (Lipinski definition) is 1. The Morgan fingerprint density at radius 3 is 2.30 bits per heavy atom. The molecule has 0 bridgehead atoms. The van der Waals surface area contributed by atoms with Crippen LogP contribution in [0, 0.1) is 0 Å². The van der Waals surface area contributed by atoms with Crippen LogP contribution in [0.4, 0.5) is 5.69 Å². The van der Waals surface area contributed by atoms with Crippen molar-refractivity contribution in [3.05, 3.63) is 93.9 Å². The fourth-order valence-electron chi connectivity index (χ4n) is 3.67. The second-order valence-corrected chi connectivity index (χ2v) is 11.6. The minimum atomic E-state index is -4.09. The van der Waals surface area contributed by atoms with Crippen molar-refractivity contribution in [2.24, 2.45) is 0 Å². The Kier molecular flexibility index (Phi) is 10.1.